The van der Waals surface area contributed by atoms with Crippen LogP contribution >= 0.6 is 0 Å². The lowest BCUT2D eigenvalue weighted by Crippen LogP contribution is -2.27. The second-order valence-corrected chi connectivity index (χ2v) is 5.17. The summed E-state index contributed by atoms with van der Waals surface area (Å²) in [5.74, 6) is 0. The van der Waals surface area contributed by atoms with E-state index in [0.717, 1.165) is 4.48 Å². The maximum absolute atomic E-state index is 3.68. The monoisotopic (exact) mass is 200 g/mol. The first-order valence-corrected chi connectivity index (χ1v) is 5.81. The molecule has 14 heavy (non-hydrogen) atoms. The maximum atomic E-state index is 3.68. The number of hydrogen-bond donors (Lipinski definition) is 0. The van der Waals surface area contributed by atoms with Gasteiger partial charge in [0.2, 0.25) is 0 Å². The van der Waals surface area contributed by atoms with Crippen molar-refractivity contribution in [3.05, 3.63) is 12.7 Å². The third kappa shape index (κ3) is 41.2. The van der Waals surface area contributed by atoms with Crippen LogP contribution in [0.3, 0.4) is 0 Å². The fraction of sp³-hybridized carbons (Fsp3) is 0.846. The molecule has 0 spiro atoms. The lowest BCUT2D eigenvalue weighted by atomic mass is 10.1. The number of allylic oxidation sites excluding steroid dienone is 1. The molecule has 0 atom stereocenters. The third-order valence-corrected chi connectivity index (χ3v) is 1.51. The zero-order valence-corrected chi connectivity index (χ0v) is 11.0. The maximum Gasteiger partial charge on any atom is 0.0675 e. The van der Waals surface area contributed by atoms with Gasteiger partial charge in [-0.2, -0.15) is 0 Å². The summed E-state index contributed by atoms with van der Waals surface area (Å²) in [4.78, 5) is 0. The Morgan fingerprint density at radius 3 is 1.71 bits per heavy atom. The van der Waals surface area contributed by atoms with Crippen molar-refractivity contribution < 1.29 is 4.48 Å². The first-order chi connectivity index (χ1) is 6.41. The van der Waals surface area contributed by atoms with Crippen molar-refractivity contribution in [3.8, 4) is 0 Å². The van der Waals surface area contributed by atoms with Crippen molar-refractivity contribution >= 4 is 0 Å². The van der Waals surface area contributed by atoms with E-state index < -0.39 is 0 Å². The molecule has 0 heterocycles. The standard InChI is InChI=1S/C9H18.C4H12N/c1-3-5-7-9-8-6-4-2;1-5(2,3)4/h3H,1,4-9H2,2H3;1-4H3/q;+1. The quantitative estimate of drug-likeness (QED) is 0.347. The molecule has 0 rings (SSSR count). The van der Waals surface area contributed by atoms with E-state index in [1.807, 2.05) is 6.08 Å². The molecule has 0 bridgehead atoms. The van der Waals surface area contributed by atoms with Crippen LogP contribution in [-0.4, -0.2) is 32.7 Å². The van der Waals surface area contributed by atoms with E-state index in [2.05, 4.69) is 41.7 Å². The fourth-order valence-electron chi connectivity index (χ4n) is 0.892. The molecule has 0 saturated heterocycles. The Balaban J connectivity index is 0. The Morgan fingerprint density at radius 1 is 0.929 bits per heavy atom. The summed E-state index contributed by atoms with van der Waals surface area (Å²) in [5.41, 5.74) is 0. The van der Waals surface area contributed by atoms with E-state index in [9.17, 15) is 0 Å². The number of hydrogen-bond acceptors (Lipinski definition) is 0. The Labute approximate surface area is 91.4 Å². The van der Waals surface area contributed by atoms with Crippen molar-refractivity contribution in [3.63, 3.8) is 0 Å². The molecule has 0 fully saturated rings. The number of quaternary nitrogens is 1. The first kappa shape index (κ1) is 16.1. The van der Waals surface area contributed by atoms with Gasteiger partial charge in [0, 0.05) is 0 Å². The summed E-state index contributed by atoms with van der Waals surface area (Å²) in [6, 6.07) is 0. The Morgan fingerprint density at radius 2 is 1.36 bits per heavy atom. The van der Waals surface area contributed by atoms with Gasteiger partial charge >= 0.3 is 0 Å². The molecule has 0 aliphatic heterocycles. The van der Waals surface area contributed by atoms with Crippen LogP contribution in [0.15, 0.2) is 12.7 Å². The van der Waals surface area contributed by atoms with E-state index >= 15 is 0 Å². The van der Waals surface area contributed by atoms with Gasteiger partial charge in [0.15, 0.2) is 0 Å². The van der Waals surface area contributed by atoms with E-state index in [-0.39, 0.29) is 0 Å². The van der Waals surface area contributed by atoms with Crippen molar-refractivity contribution in [2.45, 2.75) is 45.4 Å². The molecule has 0 aliphatic carbocycles. The summed E-state index contributed by atoms with van der Waals surface area (Å²) >= 11 is 0. The Hall–Kier alpha value is -0.300. The van der Waals surface area contributed by atoms with Crippen molar-refractivity contribution in [2.24, 2.45) is 0 Å². The molecular weight excluding hydrogens is 170 g/mol. The van der Waals surface area contributed by atoms with Gasteiger partial charge in [-0.05, 0) is 12.8 Å². The molecule has 0 unspecified atom stereocenters. The predicted molar refractivity (Wildman–Crippen MR) is 67.5 cm³/mol. The average molecular weight is 200 g/mol. The lowest BCUT2D eigenvalue weighted by Gasteiger charge is -2.14. The molecule has 0 saturated carbocycles. The van der Waals surface area contributed by atoms with Gasteiger partial charge in [-0.1, -0.05) is 38.7 Å². The van der Waals surface area contributed by atoms with E-state index in [4.69, 9.17) is 0 Å². The van der Waals surface area contributed by atoms with E-state index in [0.29, 0.717) is 0 Å². The molecule has 0 aromatic rings. The van der Waals surface area contributed by atoms with Gasteiger partial charge in [-0.15, -0.1) is 6.58 Å². The van der Waals surface area contributed by atoms with Crippen LogP contribution in [0.5, 0.6) is 0 Å². The highest BCUT2D eigenvalue weighted by atomic mass is 15.2. The molecule has 1 heteroatoms. The predicted octanol–water partition coefficient (Wildman–Crippen LogP) is 3.86. The first-order valence-electron chi connectivity index (χ1n) is 5.81. The minimum absolute atomic E-state index is 1.00. The number of nitrogens with zero attached hydrogens (tertiary/aromatic N) is 1. The van der Waals surface area contributed by atoms with Crippen molar-refractivity contribution in [1.82, 2.24) is 0 Å². The van der Waals surface area contributed by atoms with Gasteiger partial charge in [0.25, 0.3) is 0 Å². The summed E-state index contributed by atoms with van der Waals surface area (Å²) in [7, 11) is 8.50. The SMILES string of the molecule is C=CCCCCCCC.C[N+](C)(C)C. The van der Waals surface area contributed by atoms with Gasteiger partial charge in [-0.25, -0.2) is 0 Å². The normalized spacial score (nSPS) is 10.4. The summed E-state index contributed by atoms with van der Waals surface area (Å²) in [6.45, 7) is 5.92. The second-order valence-electron chi connectivity index (χ2n) is 5.17. The molecule has 86 valence electrons. The largest absolute Gasteiger partial charge is 0.333 e. The Kier molecular flexibility index (Phi) is 12.4. The third-order valence-electron chi connectivity index (χ3n) is 1.51. The average Bonchev–Trinajstić information content (AvgIpc) is 2.01. The summed E-state index contributed by atoms with van der Waals surface area (Å²) in [6.07, 6.45) is 10.1. The van der Waals surface area contributed by atoms with E-state index in [1.165, 1.54) is 38.5 Å². The fourth-order valence-corrected chi connectivity index (χ4v) is 0.892. The molecule has 0 N–H and O–H groups in total. The highest BCUT2D eigenvalue weighted by Gasteiger charge is 1.88. The molecule has 0 radical (unpaired) electrons. The van der Waals surface area contributed by atoms with E-state index in [1.54, 1.807) is 0 Å². The van der Waals surface area contributed by atoms with Gasteiger partial charge < -0.3 is 4.48 Å². The summed E-state index contributed by atoms with van der Waals surface area (Å²) in [5, 5.41) is 0. The van der Waals surface area contributed by atoms with Crippen molar-refractivity contribution in [2.75, 3.05) is 28.2 Å². The molecule has 0 aromatic carbocycles. The molecule has 1 nitrogen and oxygen atoms in total. The molecule has 0 aliphatic rings. The van der Waals surface area contributed by atoms with Crippen LogP contribution in [0.25, 0.3) is 0 Å². The Bertz CT molecular complexity index is 105. The van der Waals surface area contributed by atoms with Gasteiger partial charge in [0.1, 0.15) is 0 Å². The van der Waals surface area contributed by atoms with Crippen LogP contribution in [0, 0.1) is 0 Å². The van der Waals surface area contributed by atoms with Crippen molar-refractivity contribution in [1.29, 1.82) is 0 Å². The minimum Gasteiger partial charge on any atom is -0.333 e. The van der Waals surface area contributed by atoms with Gasteiger partial charge in [0.05, 0.1) is 28.2 Å². The zero-order valence-electron chi connectivity index (χ0n) is 11.0. The number of unbranched alkanes of at least 4 members (excludes halogenated alkanes) is 5. The second kappa shape index (κ2) is 10.8. The molecular formula is C13H30N+. The summed E-state index contributed by atoms with van der Waals surface area (Å²) < 4.78 is 1.00. The minimum atomic E-state index is 1.00. The molecule has 0 amide bonds. The van der Waals surface area contributed by atoms with Crippen LogP contribution in [-0.2, 0) is 0 Å². The smallest absolute Gasteiger partial charge is 0.0675 e. The van der Waals surface area contributed by atoms with Crippen LogP contribution in [0.2, 0.25) is 0 Å². The topological polar surface area (TPSA) is 0 Å². The number of rotatable bonds is 6. The highest BCUT2D eigenvalue weighted by Crippen LogP contribution is 2.04. The van der Waals surface area contributed by atoms with Gasteiger partial charge in [-0.3, -0.25) is 0 Å². The zero-order chi connectivity index (χ0) is 11.4. The van der Waals surface area contributed by atoms with Crippen LogP contribution in [0.4, 0.5) is 0 Å². The van der Waals surface area contributed by atoms with Crippen LogP contribution in [0.1, 0.15) is 45.4 Å². The molecule has 0 aromatic heterocycles. The highest BCUT2D eigenvalue weighted by molar-refractivity contribution is 4.65. The van der Waals surface area contributed by atoms with Crippen LogP contribution < -0.4 is 0 Å². The lowest BCUT2D eigenvalue weighted by molar-refractivity contribution is -0.849.